The number of para-hydroxylation sites is 2. The number of aromatic nitrogens is 3. The van der Waals surface area contributed by atoms with Crippen LogP contribution in [-0.2, 0) is 0 Å². The van der Waals surface area contributed by atoms with Gasteiger partial charge in [-0.15, -0.1) is 0 Å². The number of imidazole rings is 1. The van der Waals surface area contributed by atoms with E-state index in [0.717, 1.165) is 16.9 Å². The highest BCUT2D eigenvalue weighted by Gasteiger charge is 2.03. The Hall–Kier alpha value is -2.16. The Bertz CT molecular complexity index is 584. The standard InChI is InChI=1S/C12H8N3/c1-2-6-11-10(5-1)14-9-15(11)12-7-3-4-8-13-12/h1-8H. The smallest absolute Gasteiger partial charge is 0.183 e. The van der Waals surface area contributed by atoms with Crippen LogP contribution in [0.2, 0.25) is 0 Å². The van der Waals surface area contributed by atoms with E-state index >= 15 is 0 Å². The molecule has 0 N–H and O–H groups in total. The van der Waals surface area contributed by atoms with Crippen molar-refractivity contribution in [3.63, 3.8) is 0 Å². The summed E-state index contributed by atoms with van der Waals surface area (Å²) in [4.78, 5) is 8.46. The van der Waals surface area contributed by atoms with Crippen LogP contribution < -0.4 is 0 Å². The molecule has 0 bridgehead atoms. The Morgan fingerprint density at radius 2 is 1.87 bits per heavy atom. The van der Waals surface area contributed by atoms with E-state index in [1.165, 1.54) is 0 Å². The van der Waals surface area contributed by atoms with Gasteiger partial charge in [0, 0.05) is 6.20 Å². The van der Waals surface area contributed by atoms with E-state index in [2.05, 4.69) is 16.3 Å². The third-order valence-electron chi connectivity index (χ3n) is 2.27. The maximum Gasteiger partial charge on any atom is 0.183 e. The highest BCUT2D eigenvalue weighted by atomic mass is 15.1. The van der Waals surface area contributed by atoms with Crippen LogP contribution in [0.5, 0.6) is 0 Å². The van der Waals surface area contributed by atoms with E-state index in [1.54, 1.807) is 6.20 Å². The molecule has 3 heteroatoms. The van der Waals surface area contributed by atoms with Crippen molar-refractivity contribution < 1.29 is 0 Å². The number of fused-ring (bicyclic) bond motifs is 1. The summed E-state index contributed by atoms with van der Waals surface area (Å²) in [5.74, 6) is 0.839. The largest absolute Gasteiger partial charge is 0.274 e. The second kappa shape index (κ2) is 3.20. The summed E-state index contributed by atoms with van der Waals surface area (Å²) in [7, 11) is 0. The minimum absolute atomic E-state index is 0.839. The van der Waals surface area contributed by atoms with Gasteiger partial charge >= 0.3 is 0 Å². The first-order valence-corrected chi connectivity index (χ1v) is 4.72. The summed E-state index contributed by atoms with van der Waals surface area (Å²) in [6.45, 7) is 0. The Labute approximate surface area is 87.0 Å². The molecule has 1 radical (unpaired) electrons. The average molecular weight is 194 g/mol. The number of benzene rings is 1. The van der Waals surface area contributed by atoms with Gasteiger partial charge in [0.2, 0.25) is 0 Å². The molecule has 0 spiro atoms. The SMILES string of the molecule is [c]1nc2ccccc2n1-c1ccccn1. The quantitative estimate of drug-likeness (QED) is 0.594. The van der Waals surface area contributed by atoms with Crippen LogP contribution in [0.3, 0.4) is 0 Å². The zero-order valence-corrected chi connectivity index (χ0v) is 7.96. The van der Waals surface area contributed by atoms with Gasteiger partial charge in [-0.2, -0.15) is 0 Å². The molecule has 0 unspecified atom stereocenters. The van der Waals surface area contributed by atoms with Crippen molar-refractivity contribution in [2.45, 2.75) is 0 Å². The summed E-state index contributed by atoms with van der Waals surface area (Å²) in [5, 5.41) is 0. The van der Waals surface area contributed by atoms with Crippen molar-refractivity contribution in [3.8, 4) is 5.82 Å². The summed E-state index contributed by atoms with van der Waals surface area (Å²) >= 11 is 0. The molecule has 15 heavy (non-hydrogen) atoms. The predicted molar refractivity (Wildman–Crippen MR) is 57.7 cm³/mol. The number of rotatable bonds is 1. The molecule has 0 aliphatic carbocycles. The van der Waals surface area contributed by atoms with Crippen molar-refractivity contribution in [2.75, 3.05) is 0 Å². The third kappa shape index (κ3) is 1.29. The first kappa shape index (κ1) is 8.17. The molecule has 3 aromatic rings. The Balaban J connectivity index is 2.28. The summed E-state index contributed by atoms with van der Waals surface area (Å²) < 4.78 is 1.86. The van der Waals surface area contributed by atoms with Crippen LogP contribution in [0.4, 0.5) is 0 Å². The Kier molecular flexibility index (Phi) is 1.75. The molecule has 0 amide bonds. The first-order chi connectivity index (χ1) is 7.45. The highest BCUT2D eigenvalue weighted by molar-refractivity contribution is 5.76. The maximum absolute atomic E-state index is 4.26. The van der Waals surface area contributed by atoms with Crippen LogP contribution in [0, 0.1) is 6.33 Å². The van der Waals surface area contributed by atoms with Gasteiger partial charge in [-0.25, -0.2) is 9.97 Å². The zero-order valence-electron chi connectivity index (χ0n) is 7.96. The lowest BCUT2D eigenvalue weighted by molar-refractivity contribution is 1.01. The van der Waals surface area contributed by atoms with Gasteiger partial charge in [0.1, 0.15) is 5.82 Å². The third-order valence-corrected chi connectivity index (χ3v) is 2.27. The minimum Gasteiger partial charge on any atom is -0.274 e. The van der Waals surface area contributed by atoms with Gasteiger partial charge in [-0.1, -0.05) is 18.2 Å². The second-order valence-electron chi connectivity index (χ2n) is 3.22. The number of hydrogen-bond donors (Lipinski definition) is 0. The molecule has 3 nitrogen and oxygen atoms in total. The van der Waals surface area contributed by atoms with Crippen LogP contribution in [0.15, 0.2) is 48.7 Å². The zero-order chi connectivity index (χ0) is 10.1. The van der Waals surface area contributed by atoms with Gasteiger partial charge in [-0.3, -0.25) is 4.57 Å². The van der Waals surface area contributed by atoms with Crippen LogP contribution in [0.1, 0.15) is 0 Å². The van der Waals surface area contributed by atoms with E-state index in [9.17, 15) is 0 Å². The Morgan fingerprint density at radius 1 is 1.00 bits per heavy atom. The van der Waals surface area contributed by atoms with Gasteiger partial charge in [0.15, 0.2) is 6.33 Å². The van der Waals surface area contributed by atoms with Crippen molar-refractivity contribution in [1.29, 1.82) is 0 Å². The minimum atomic E-state index is 0.839. The van der Waals surface area contributed by atoms with Crippen LogP contribution in [0.25, 0.3) is 16.9 Å². The fourth-order valence-electron chi connectivity index (χ4n) is 1.57. The van der Waals surface area contributed by atoms with Gasteiger partial charge in [0.25, 0.3) is 0 Å². The molecule has 0 aliphatic heterocycles. The molecule has 0 saturated carbocycles. The summed E-state index contributed by atoms with van der Waals surface area (Å²) in [6, 6.07) is 13.7. The molecule has 3 rings (SSSR count). The molecule has 1 aromatic carbocycles. The number of pyridine rings is 1. The summed E-state index contributed by atoms with van der Waals surface area (Å²) in [6.07, 6.45) is 4.70. The lowest BCUT2D eigenvalue weighted by atomic mass is 10.3. The molecule has 2 aromatic heterocycles. The monoisotopic (exact) mass is 194 g/mol. The molecule has 0 fully saturated rings. The van der Waals surface area contributed by atoms with Gasteiger partial charge in [-0.05, 0) is 24.3 Å². The first-order valence-electron chi connectivity index (χ1n) is 4.72. The fourth-order valence-corrected chi connectivity index (χ4v) is 1.57. The molecular weight excluding hydrogens is 186 g/mol. The van der Waals surface area contributed by atoms with Crippen molar-refractivity contribution in [2.24, 2.45) is 0 Å². The van der Waals surface area contributed by atoms with Gasteiger partial charge < -0.3 is 0 Å². The lowest BCUT2D eigenvalue weighted by Crippen LogP contribution is -1.94. The van der Waals surface area contributed by atoms with Crippen molar-refractivity contribution >= 4 is 11.0 Å². The average Bonchev–Trinajstić information content (AvgIpc) is 2.74. The number of nitrogens with zero attached hydrogens (tertiary/aromatic N) is 3. The molecule has 0 atom stereocenters. The molecular formula is C12H8N3. The van der Waals surface area contributed by atoms with E-state index < -0.39 is 0 Å². The molecule has 0 aliphatic rings. The van der Waals surface area contributed by atoms with Gasteiger partial charge in [0.05, 0.1) is 11.0 Å². The van der Waals surface area contributed by atoms with Crippen LogP contribution >= 0.6 is 0 Å². The Morgan fingerprint density at radius 3 is 2.73 bits per heavy atom. The molecule has 71 valence electrons. The van der Waals surface area contributed by atoms with Crippen molar-refractivity contribution in [1.82, 2.24) is 14.5 Å². The fraction of sp³-hybridized carbons (Fsp3) is 0. The lowest BCUT2D eigenvalue weighted by Gasteiger charge is -2.00. The predicted octanol–water partition coefficient (Wildman–Crippen LogP) is 2.22. The van der Waals surface area contributed by atoms with E-state index in [0.29, 0.717) is 0 Å². The van der Waals surface area contributed by atoms with Crippen molar-refractivity contribution in [3.05, 3.63) is 55.0 Å². The number of hydrogen-bond acceptors (Lipinski definition) is 2. The second-order valence-corrected chi connectivity index (χ2v) is 3.22. The summed E-state index contributed by atoms with van der Waals surface area (Å²) in [5.41, 5.74) is 1.96. The highest BCUT2D eigenvalue weighted by Crippen LogP contribution is 2.14. The van der Waals surface area contributed by atoms with E-state index in [-0.39, 0.29) is 0 Å². The molecule has 2 heterocycles. The topological polar surface area (TPSA) is 30.7 Å². The van der Waals surface area contributed by atoms with Crippen LogP contribution in [-0.4, -0.2) is 14.5 Å². The van der Waals surface area contributed by atoms with E-state index in [4.69, 9.17) is 0 Å². The normalized spacial score (nSPS) is 10.7. The maximum atomic E-state index is 4.26. The molecule has 0 saturated heterocycles. The van der Waals surface area contributed by atoms with E-state index in [1.807, 2.05) is 47.0 Å².